The van der Waals surface area contributed by atoms with Gasteiger partial charge in [0, 0.05) is 17.3 Å². The van der Waals surface area contributed by atoms with Crippen LogP contribution in [0.3, 0.4) is 0 Å². The SMILES string of the molecule is CN1C(=NC(=O)COc2ccc(Cl)cc2)S[C@H]2CS(=O)(=O)C[C@H]21. The Balaban J connectivity index is 1.59. The lowest BCUT2D eigenvalue weighted by molar-refractivity contribution is -0.119. The molecule has 9 heteroatoms. The van der Waals surface area contributed by atoms with Gasteiger partial charge in [-0.15, -0.1) is 0 Å². The molecule has 23 heavy (non-hydrogen) atoms. The molecule has 1 aromatic carbocycles. The van der Waals surface area contributed by atoms with Crippen molar-refractivity contribution in [1.29, 1.82) is 0 Å². The van der Waals surface area contributed by atoms with Gasteiger partial charge in [-0.3, -0.25) is 4.79 Å². The molecule has 2 aliphatic rings. The molecule has 0 unspecified atom stereocenters. The zero-order valence-electron chi connectivity index (χ0n) is 12.3. The first-order valence-corrected chi connectivity index (χ1v) is 10.0. The van der Waals surface area contributed by atoms with Crippen molar-refractivity contribution in [2.24, 2.45) is 4.99 Å². The number of nitrogens with zero attached hydrogens (tertiary/aromatic N) is 2. The first-order chi connectivity index (χ1) is 10.8. The van der Waals surface area contributed by atoms with Gasteiger partial charge in [0.2, 0.25) is 0 Å². The Bertz CT molecular complexity index is 749. The van der Waals surface area contributed by atoms with E-state index in [1.54, 1.807) is 36.2 Å². The summed E-state index contributed by atoms with van der Waals surface area (Å²) in [4.78, 5) is 17.8. The number of hydrogen-bond donors (Lipinski definition) is 0. The second-order valence-electron chi connectivity index (χ2n) is 5.44. The van der Waals surface area contributed by atoms with Crippen LogP contribution in [0.4, 0.5) is 0 Å². The minimum Gasteiger partial charge on any atom is -0.484 e. The summed E-state index contributed by atoms with van der Waals surface area (Å²) in [6.07, 6.45) is 0. The predicted octanol–water partition coefficient (Wildman–Crippen LogP) is 1.45. The van der Waals surface area contributed by atoms with Gasteiger partial charge in [-0.25, -0.2) is 8.42 Å². The lowest BCUT2D eigenvalue weighted by Crippen LogP contribution is -2.34. The Labute approximate surface area is 143 Å². The highest BCUT2D eigenvalue weighted by molar-refractivity contribution is 8.15. The largest absolute Gasteiger partial charge is 0.484 e. The number of fused-ring (bicyclic) bond motifs is 1. The summed E-state index contributed by atoms with van der Waals surface area (Å²) >= 11 is 7.12. The fourth-order valence-corrected chi connectivity index (χ4v) is 6.69. The van der Waals surface area contributed by atoms with E-state index in [0.717, 1.165) is 0 Å². The predicted molar refractivity (Wildman–Crippen MR) is 91.0 cm³/mol. The van der Waals surface area contributed by atoms with Crippen LogP contribution in [0, 0.1) is 0 Å². The van der Waals surface area contributed by atoms with E-state index in [9.17, 15) is 13.2 Å². The quantitative estimate of drug-likeness (QED) is 0.797. The molecule has 124 valence electrons. The van der Waals surface area contributed by atoms with Gasteiger partial charge in [0.15, 0.2) is 21.6 Å². The average molecular weight is 375 g/mol. The van der Waals surface area contributed by atoms with E-state index in [2.05, 4.69) is 4.99 Å². The molecule has 2 atom stereocenters. The highest BCUT2D eigenvalue weighted by Gasteiger charge is 2.47. The second kappa shape index (κ2) is 6.33. The number of amidine groups is 1. The second-order valence-corrected chi connectivity index (χ2v) is 9.24. The Kier molecular flexibility index (Phi) is 4.57. The van der Waals surface area contributed by atoms with Crippen LogP contribution < -0.4 is 4.74 Å². The van der Waals surface area contributed by atoms with E-state index in [1.807, 2.05) is 0 Å². The van der Waals surface area contributed by atoms with Gasteiger partial charge in [-0.05, 0) is 24.3 Å². The summed E-state index contributed by atoms with van der Waals surface area (Å²) in [7, 11) is -1.21. The molecule has 0 bridgehead atoms. The summed E-state index contributed by atoms with van der Waals surface area (Å²) < 4.78 is 28.6. The van der Waals surface area contributed by atoms with E-state index in [-0.39, 0.29) is 29.4 Å². The number of thioether (sulfide) groups is 1. The molecule has 6 nitrogen and oxygen atoms in total. The molecule has 2 aliphatic heterocycles. The minimum absolute atomic E-state index is 0.0475. The number of hydrogen-bond acceptors (Lipinski definition) is 5. The maximum atomic E-state index is 11.9. The Morgan fingerprint density at radius 2 is 2.09 bits per heavy atom. The monoisotopic (exact) mass is 374 g/mol. The van der Waals surface area contributed by atoms with Crippen molar-refractivity contribution in [3.05, 3.63) is 29.3 Å². The highest BCUT2D eigenvalue weighted by atomic mass is 35.5. The molecule has 2 fully saturated rings. The van der Waals surface area contributed by atoms with Crippen molar-refractivity contribution in [2.75, 3.05) is 25.2 Å². The molecule has 0 spiro atoms. The molecule has 2 heterocycles. The van der Waals surface area contributed by atoms with E-state index in [1.165, 1.54) is 11.8 Å². The van der Waals surface area contributed by atoms with Gasteiger partial charge in [0.25, 0.3) is 5.91 Å². The third-order valence-electron chi connectivity index (χ3n) is 3.72. The van der Waals surface area contributed by atoms with Crippen LogP contribution in [0.25, 0.3) is 0 Å². The zero-order chi connectivity index (χ0) is 16.6. The summed E-state index contributed by atoms with van der Waals surface area (Å²) in [6.45, 7) is -0.173. The number of ether oxygens (including phenoxy) is 1. The normalized spacial score (nSPS) is 27.2. The van der Waals surface area contributed by atoms with Gasteiger partial charge in [0.05, 0.1) is 17.5 Å². The fourth-order valence-electron chi connectivity index (χ4n) is 2.55. The summed E-state index contributed by atoms with van der Waals surface area (Å²) in [5.74, 6) is 0.395. The van der Waals surface area contributed by atoms with E-state index < -0.39 is 15.7 Å². The number of halogens is 1. The maximum Gasteiger partial charge on any atom is 0.285 e. The smallest absolute Gasteiger partial charge is 0.285 e. The van der Waals surface area contributed by atoms with Gasteiger partial charge in [-0.2, -0.15) is 4.99 Å². The molecule has 0 saturated carbocycles. The van der Waals surface area contributed by atoms with Crippen molar-refractivity contribution < 1.29 is 17.9 Å². The number of aliphatic imine (C=N–C) groups is 1. The third kappa shape index (κ3) is 3.81. The number of sulfone groups is 1. The molecule has 0 N–H and O–H groups in total. The number of amides is 1. The number of rotatable bonds is 3. The Hall–Kier alpha value is -1.25. The lowest BCUT2D eigenvalue weighted by atomic mass is 10.2. The van der Waals surface area contributed by atoms with Crippen LogP contribution >= 0.6 is 23.4 Å². The Morgan fingerprint density at radius 1 is 1.39 bits per heavy atom. The molecular weight excluding hydrogens is 360 g/mol. The molecule has 1 amide bonds. The topological polar surface area (TPSA) is 76.0 Å². The van der Waals surface area contributed by atoms with Crippen LogP contribution in [-0.4, -0.2) is 60.8 Å². The standard InChI is InChI=1S/C14H15ClN2O4S2/c1-17-11-7-23(19,20)8-12(11)22-14(17)16-13(18)6-21-10-4-2-9(15)3-5-10/h2-5,11-12H,6-8H2,1H3/t11-,12+/m1/s1. The van der Waals surface area contributed by atoms with Crippen LogP contribution in [0.15, 0.2) is 29.3 Å². The molecule has 3 rings (SSSR count). The van der Waals surface area contributed by atoms with Crippen molar-refractivity contribution >= 4 is 44.3 Å². The van der Waals surface area contributed by atoms with Gasteiger partial charge >= 0.3 is 0 Å². The van der Waals surface area contributed by atoms with Crippen molar-refractivity contribution in [2.45, 2.75) is 11.3 Å². The Morgan fingerprint density at radius 3 is 2.74 bits per heavy atom. The van der Waals surface area contributed by atoms with E-state index in [0.29, 0.717) is 15.9 Å². The fraction of sp³-hybridized carbons (Fsp3) is 0.429. The molecule has 2 saturated heterocycles. The highest BCUT2D eigenvalue weighted by Crippen LogP contribution is 2.36. The first-order valence-electron chi connectivity index (χ1n) is 6.94. The zero-order valence-corrected chi connectivity index (χ0v) is 14.7. The molecule has 0 aliphatic carbocycles. The summed E-state index contributed by atoms with van der Waals surface area (Å²) in [6, 6.07) is 6.60. The van der Waals surface area contributed by atoms with E-state index >= 15 is 0 Å². The minimum atomic E-state index is -2.98. The average Bonchev–Trinajstić information content (AvgIpc) is 2.92. The van der Waals surface area contributed by atoms with Crippen molar-refractivity contribution in [3.63, 3.8) is 0 Å². The number of benzene rings is 1. The summed E-state index contributed by atoms with van der Waals surface area (Å²) in [5.41, 5.74) is 0. The van der Waals surface area contributed by atoms with Crippen LogP contribution in [0.1, 0.15) is 0 Å². The van der Waals surface area contributed by atoms with Crippen molar-refractivity contribution in [3.8, 4) is 5.75 Å². The number of carbonyl (C=O) groups excluding carboxylic acids is 1. The molecule has 0 radical (unpaired) electrons. The lowest BCUT2D eigenvalue weighted by Gasteiger charge is -2.17. The van der Waals surface area contributed by atoms with Gasteiger partial charge in [0.1, 0.15) is 5.75 Å². The van der Waals surface area contributed by atoms with Crippen LogP contribution in [-0.2, 0) is 14.6 Å². The number of carbonyl (C=O) groups is 1. The molecular formula is C14H15ClN2O4S2. The van der Waals surface area contributed by atoms with E-state index in [4.69, 9.17) is 16.3 Å². The third-order valence-corrected chi connectivity index (χ3v) is 7.28. The van der Waals surface area contributed by atoms with Crippen LogP contribution in [0.2, 0.25) is 5.02 Å². The van der Waals surface area contributed by atoms with Gasteiger partial charge in [-0.1, -0.05) is 23.4 Å². The van der Waals surface area contributed by atoms with Gasteiger partial charge < -0.3 is 9.64 Å². The molecule has 1 aromatic rings. The first kappa shape index (κ1) is 16.6. The summed E-state index contributed by atoms with van der Waals surface area (Å²) in [5, 5.41) is 1.10. The van der Waals surface area contributed by atoms with Crippen LogP contribution in [0.5, 0.6) is 5.75 Å². The maximum absolute atomic E-state index is 11.9. The van der Waals surface area contributed by atoms with Crippen molar-refractivity contribution in [1.82, 2.24) is 4.90 Å². The molecule has 0 aromatic heterocycles.